The average molecular weight is 522 g/mol. The van der Waals surface area contributed by atoms with Gasteiger partial charge in [0.15, 0.2) is 0 Å². The summed E-state index contributed by atoms with van der Waals surface area (Å²) in [4.78, 5) is 28.0. The van der Waals surface area contributed by atoms with Crippen molar-refractivity contribution in [2.45, 2.75) is 6.18 Å². The highest BCUT2D eigenvalue weighted by molar-refractivity contribution is 6.14. The molecule has 0 unspecified atom stereocenters. The van der Waals surface area contributed by atoms with E-state index in [0.29, 0.717) is 22.2 Å². The molecule has 5 aromatic rings. The van der Waals surface area contributed by atoms with E-state index in [9.17, 15) is 32.3 Å². The number of aromatic nitrogens is 3. The third-order valence-electron chi connectivity index (χ3n) is 5.99. The number of nitrogens with zero attached hydrogens (tertiary/aromatic N) is 2. The van der Waals surface area contributed by atoms with E-state index in [2.05, 4.69) is 15.4 Å². The zero-order valence-electron chi connectivity index (χ0n) is 19.6. The van der Waals surface area contributed by atoms with E-state index in [1.54, 1.807) is 30.3 Å². The molecule has 0 saturated heterocycles. The molecule has 3 N–H and O–H groups in total. The molecule has 0 bridgehead atoms. The number of hydrogen-bond acceptors (Lipinski definition) is 3. The first kappa shape index (κ1) is 24.8. The molecule has 2 heterocycles. The third-order valence-corrected chi connectivity index (χ3v) is 5.99. The number of alkyl halides is 3. The standard InChI is InChI=1S/C27H18F4N4O3/c1-35-10-9-22(34-35)16-12-17(20(28)13-19(16)27(29,30)31)25(36)33-24-18-11-15(26(37)38)7-8-21(18)32-23(24)14-5-3-2-4-6-14/h2-13,32H,1H3,(H,33,36)(H,37,38). The molecule has 7 nitrogen and oxygen atoms in total. The molecule has 3 aromatic carbocycles. The minimum atomic E-state index is -4.90. The first-order valence-corrected chi connectivity index (χ1v) is 11.2. The van der Waals surface area contributed by atoms with Gasteiger partial charge < -0.3 is 15.4 Å². The molecule has 38 heavy (non-hydrogen) atoms. The van der Waals surface area contributed by atoms with Gasteiger partial charge in [0.25, 0.3) is 5.91 Å². The smallest absolute Gasteiger partial charge is 0.417 e. The summed E-state index contributed by atoms with van der Waals surface area (Å²) >= 11 is 0. The van der Waals surface area contributed by atoms with Crippen molar-refractivity contribution in [1.29, 1.82) is 0 Å². The van der Waals surface area contributed by atoms with Gasteiger partial charge in [0, 0.05) is 35.3 Å². The predicted octanol–water partition coefficient (Wildman–Crippen LogP) is 6.34. The number of anilines is 1. The number of halogens is 4. The molecule has 2 aromatic heterocycles. The summed E-state index contributed by atoms with van der Waals surface area (Å²) < 4.78 is 57.5. The maximum atomic E-state index is 15.0. The first-order valence-electron chi connectivity index (χ1n) is 11.2. The summed E-state index contributed by atoms with van der Waals surface area (Å²) in [6.07, 6.45) is -3.47. The molecular formula is C27H18F4N4O3. The monoisotopic (exact) mass is 522 g/mol. The number of benzene rings is 3. The second-order valence-electron chi connectivity index (χ2n) is 8.51. The molecule has 1 amide bonds. The van der Waals surface area contributed by atoms with Gasteiger partial charge in [-0.1, -0.05) is 30.3 Å². The zero-order valence-corrected chi connectivity index (χ0v) is 19.6. The van der Waals surface area contributed by atoms with Crippen molar-refractivity contribution in [2.24, 2.45) is 7.05 Å². The van der Waals surface area contributed by atoms with Gasteiger partial charge in [-0.05, 0) is 36.4 Å². The molecular weight excluding hydrogens is 504 g/mol. The number of carboxylic acids is 1. The molecule has 0 aliphatic carbocycles. The minimum absolute atomic E-state index is 0.0511. The summed E-state index contributed by atoms with van der Waals surface area (Å²) in [5.41, 5.74) is -0.812. The highest BCUT2D eigenvalue weighted by Gasteiger charge is 2.36. The number of nitrogens with one attached hydrogen (secondary N) is 2. The molecule has 11 heteroatoms. The van der Waals surface area contributed by atoms with Crippen molar-refractivity contribution in [3.8, 4) is 22.5 Å². The number of rotatable bonds is 5. The van der Waals surface area contributed by atoms with Crippen molar-refractivity contribution in [2.75, 3.05) is 5.32 Å². The van der Waals surface area contributed by atoms with E-state index in [0.717, 1.165) is 6.07 Å². The number of fused-ring (bicyclic) bond motifs is 1. The lowest BCUT2D eigenvalue weighted by atomic mass is 9.99. The number of aryl methyl sites for hydroxylation is 1. The van der Waals surface area contributed by atoms with Crippen molar-refractivity contribution >= 4 is 28.5 Å². The largest absolute Gasteiger partial charge is 0.478 e. The van der Waals surface area contributed by atoms with E-state index >= 15 is 0 Å². The van der Waals surface area contributed by atoms with Crippen molar-refractivity contribution < 1.29 is 32.3 Å². The molecule has 0 aliphatic rings. The van der Waals surface area contributed by atoms with Crippen LogP contribution in [0.25, 0.3) is 33.4 Å². The average Bonchev–Trinajstić information content (AvgIpc) is 3.47. The Morgan fingerprint density at radius 1 is 1.03 bits per heavy atom. The Labute approximate surface area is 212 Å². The highest BCUT2D eigenvalue weighted by Crippen LogP contribution is 2.39. The predicted molar refractivity (Wildman–Crippen MR) is 132 cm³/mol. The molecule has 0 spiro atoms. The number of aromatic carboxylic acids is 1. The quantitative estimate of drug-likeness (QED) is 0.235. The van der Waals surface area contributed by atoms with E-state index in [4.69, 9.17) is 0 Å². The molecule has 192 valence electrons. The van der Waals surface area contributed by atoms with Gasteiger partial charge in [-0.25, -0.2) is 9.18 Å². The molecule has 0 atom stereocenters. The number of aromatic amines is 1. The molecule has 5 rings (SSSR count). The Bertz CT molecular complexity index is 1710. The Morgan fingerprint density at radius 3 is 2.39 bits per heavy atom. The Kier molecular flexibility index (Phi) is 5.98. The van der Waals surface area contributed by atoms with Gasteiger partial charge in [-0.2, -0.15) is 18.3 Å². The van der Waals surface area contributed by atoms with E-state index in [1.165, 1.54) is 42.2 Å². The van der Waals surface area contributed by atoms with E-state index in [-0.39, 0.29) is 23.0 Å². The second-order valence-corrected chi connectivity index (χ2v) is 8.51. The SMILES string of the molecule is Cn1ccc(-c2cc(C(=O)Nc3c(-c4ccccc4)[nH]c4ccc(C(=O)O)cc34)c(F)cc2C(F)(F)F)n1. The van der Waals surface area contributed by atoms with E-state index < -0.39 is 40.6 Å². The fourth-order valence-electron chi connectivity index (χ4n) is 4.21. The summed E-state index contributed by atoms with van der Waals surface area (Å²) in [6, 6.07) is 15.5. The van der Waals surface area contributed by atoms with E-state index in [1.807, 2.05) is 0 Å². The lowest BCUT2D eigenvalue weighted by molar-refractivity contribution is -0.137. The van der Waals surface area contributed by atoms with Crippen molar-refractivity contribution in [3.05, 3.63) is 95.4 Å². The first-order chi connectivity index (χ1) is 18.0. The molecule has 0 radical (unpaired) electrons. The van der Waals surface area contributed by atoms with Gasteiger partial charge in [-0.3, -0.25) is 9.48 Å². The van der Waals surface area contributed by atoms with Gasteiger partial charge in [0.05, 0.1) is 33.8 Å². The Hall–Kier alpha value is -4.93. The minimum Gasteiger partial charge on any atom is -0.478 e. The van der Waals surface area contributed by atoms with Gasteiger partial charge in [-0.15, -0.1) is 0 Å². The summed E-state index contributed by atoms with van der Waals surface area (Å²) in [6.45, 7) is 0. The Morgan fingerprint density at radius 2 is 1.76 bits per heavy atom. The fourth-order valence-corrected chi connectivity index (χ4v) is 4.21. The van der Waals surface area contributed by atoms with Crippen LogP contribution in [0.3, 0.4) is 0 Å². The number of hydrogen-bond donors (Lipinski definition) is 3. The third kappa shape index (κ3) is 4.49. The van der Waals surface area contributed by atoms with Crippen LogP contribution in [0.4, 0.5) is 23.2 Å². The summed E-state index contributed by atoms with van der Waals surface area (Å²) in [7, 11) is 1.52. The number of carbonyl (C=O) groups is 2. The van der Waals surface area contributed by atoms with Crippen LogP contribution in [0, 0.1) is 5.82 Å². The topological polar surface area (TPSA) is 100 Å². The number of amides is 1. The number of carbonyl (C=O) groups excluding carboxylic acids is 1. The lowest BCUT2D eigenvalue weighted by Gasteiger charge is -2.15. The van der Waals surface area contributed by atoms with Gasteiger partial charge in [0.1, 0.15) is 5.82 Å². The molecule has 0 aliphatic heterocycles. The van der Waals surface area contributed by atoms with Crippen LogP contribution in [0.1, 0.15) is 26.3 Å². The number of carboxylic acid groups (broad SMARTS) is 1. The maximum absolute atomic E-state index is 15.0. The normalized spacial score (nSPS) is 11.6. The summed E-state index contributed by atoms with van der Waals surface area (Å²) in [5, 5.41) is 16.3. The van der Waals surface area contributed by atoms with Crippen LogP contribution in [-0.4, -0.2) is 31.7 Å². The van der Waals surface area contributed by atoms with Crippen LogP contribution in [-0.2, 0) is 13.2 Å². The lowest BCUT2D eigenvalue weighted by Crippen LogP contribution is -2.17. The fraction of sp³-hybridized carbons (Fsp3) is 0.0741. The second kappa shape index (κ2) is 9.18. The Balaban J connectivity index is 1.65. The van der Waals surface area contributed by atoms with Crippen LogP contribution < -0.4 is 5.32 Å². The van der Waals surface area contributed by atoms with Crippen molar-refractivity contribution in [1.82, 2.24) is 14.8 Å². The van der Waals surface area contributed by atoms with Gasteiger partial charge >= 0.3 is 12.1 Å². The number of H-pyrrole nitrogens is 1. The van der Waals surface area contributed by atoms with Crippen LogP contribution >= 0.6 is 0 Å². The maximum Gasteiger partial charge on any atom is 0.417 e. The zero-order chi connectivity index (χ0) is 27.2. The van der Waals surface area contributed by atoms with Gasteiger partial charge in [0.2, 0.25) is 0 Å². The van der Waals surface area contributed by atoms with Crippen LogP contribution in [0.2, 0.25) is 0 Å². The highest BCUT2D eigenvalue weighted by atomic mass is 19.4. The van der Waals surface area contributed by atoms with Crippen LogP contribution in [0.5, 0.6) is 0 Å². The molecule has 0 fully saturated rings. The molecule has 0 saturated carbocycles. The summed E-state index contributed by atoms with van der Waals surface area (Å²) in [5.74, 6) is -3.59. The van der Waals surface area contributed by atoms with Crippen molar-refractivity contribution in [3.63, 3.8) is 0 Å². The van der Waals surface area contributed by atoms with Crippen LogP contribution in [0.15, 0.2) is 72.9 Å².